The average molecular weight is 518 g/mol. The second-order valence-corrected chi connectivity index (χ2v) is 10.5. The number of unbranched alkanes of at least 4 members (excludes halogenated alkanes) is 2. The molecule has 1 atom stereocenters. The summed E-state index contributed by atoms with van der Waals surface area (Å²) >= 11 is -2.07. The van der Waals surface area contributed by atoms with E-state index in [0.29, 0.717) is 18.8 Å². The minimum absolute atomic E-state index is 0.000678. The molecule has 0 radical (unpaired) electrons. The highest BCUT2D eigenvalue weighted by molar-refractivity contribution is 7.80. The van der Waals surface area contributed by atoms with Crippen LogP contribution in [0.3, 0.4) is 0 Å². The van der Waals surface area contributed by atoms with Crippen molar-refractivity contribution in [1.29, 1.82) is 0 Å². The van der Waals surface area contributed by atoms with Gasteiger partial charge < -0.3 is 11.5 Å². The van der Waals surface area contributed by atoms with Crippen LogP contribution in [0.1, 0.15) is 48.9 Å². The van der Waals surface area contributed by atoms with Crippen LogP contribution in [0.2, 0.25) is 0 Å². The molecule has 0 spiro atoms. The van der Waals surface area contributed by atoms with Gasteiger partial charge in [-0.15, -0.1) is 9.36 Å². The molecular weight excluding hydrogens is 480 g/mol. The molecule has 0 saturated carbocycles. The fourth-order valence-electron chi connectivity index (χ4n) is 5.44. The zero-order chi connectivity index (χ0) is 25.1. The van der Waals surface area contributed by atoms with Crippen molar-refractivity contribution in [3.05, 3.63) is 53.6 Å². The smallest absolute Gasteiger partial charge is 0.330 e. The van der Waals surface area contributed by atoms with Crippen LogP contribution in [0.4, 0.5) is 5.69 Å². The van der Waals surface area contributed by atoms with E-state index in [-0.39, 0.29) is 6.29 Å². The number of hydrogen-bond acceptors (Lipinski definition) is 5. The van der Waals surface area contributed by atoms with E-state index in [1.54, 1.807) is 0 Å². The normalized spacial score (nSPS) is 20.8. The second-order valence-electron chi connectivity index (χ2n) is 9.83. The van der Waals surface area contributed by atoms with Crippen molar-refractivity contribution >= 4 is 17.0 Å². The molecule has 5 rings (SSSR count). The van der Waals surface area contributed by atoms with Crippen LogP contribution in [0.25, 0.3) is 0 Å². The molecule has 4 heterocycles. The summed E-state index contributed by atoms with van der Waals surface area (Å²) in [6.45, 7) is 5.89. The van der Waals surface area contributed by atoms with Gasteiger partial charge in [0.25, 0.3) is 11.3 Å². The number of rotatable bonds is 13. The number of nitrogens with one attached hydrogen (secondary N) is 1. The summed E-state index contributed by atoms with van der Waals surface area (Å²) in [6, 6.07) is 7.73. The number of anilines is 1. The Labute approximate surface area is 213 Å². The van der Waals surface area contributed by atoms with E-state index in [9.17, 15) is 4.21 Å². The predicted octanol–water partition coefficient (Wildman–Crippen LogP) is -0.228. The largest absolute Gasteiger partial charge is 0.419 e. The quantitative estimate of drug-likeness (QED) is 0.107. The molecule has 0 amide bonds. The first-order valence-corrected chi connectivity index (χ1v) is 13.8. The van der Waals surface area contributed by atoms with E-state index in [4.69, 9.17) is 26.4 Å². The van der Waals surface area contributed by atoms with Crippen LogP contribution in [-0.2, 0) is 43.9 Å². The van der Waals surface area contributed by atoms with Crippen molar-refractivity contribution in [1.82, 2.24) is 19.8 Å². The number of fused-ring (bicyclic) bond motifs is 5. The van der Waals surface area contributed by atoms with Gasteiger partial charge in [0.2, 0.25) is 11.4 Å². The first-order chi connectivity index (χ1) is 17.5. The van der Waals surface area contributed by atoms with Gasteiger partial charge in [-0.2, -0.15) is 0 Å². The number of quaternary nitrogens is 1. The van der Waals surface area contributed by atoms with Gasteiger partial charge in [-0.25, -0.2) is 8.69 Å². The van der Waals surface area contributed by atoms with Crippen molar-refractivity contribution < 1.29 is 22.6 Å². The Kier molecular flexibility index (Phi) is 7.44. The van der Waals surface area contributed by atoms with Crippen LogP contribution in [0, 0.1) is 0 Å². The first-order valence-electron chi connectivity index (χ1n) is 12.7. The monoisotopic (exact) mass is 517 g/mol. The Hall–Kier alpha value is -2.71. The maximum absolute atomic E-state index is 11.0. The maximum Gasteiger partial charge on any atom is 0.419 e. The van der Waals surface area contributed by atoms with E-state index in [1.165, 1.54) is 17.0 Å². The SMILES string of the molecule is NCCCC[n+]1cc2n(n1)C1n3n[n+](CCCCN)cc3C[N+]1(CCc1ccc(NS(=O)O)cc1)C2. The van der Waals surface area contributed by atoms with E-state index < -0.39 is 11.3 Å². The summed E-state index contributed by atoms with van der Waals surface area (Å²) in [5.41, 5.74) is 15.6. The highest BCUT2D eigenvalue weighted by atomic mass is 32.2. The van der Waals surface area contributed by atoms with E-state index in [0.717, 1.165) is 69.3 Å². The topological polar surface area (TPSA) is 145 Å². The molecule has 36 heavy (non-hydrogen) atoms. The molecule has 0 bridgehead atoms. The molecule has 2 aliphatic rings. The Morgan fingerprint density at radius 1 is 0.972 bits per heavy atom. The lowest BCUT2D eigenvalue weighted by Crippen LogP contribution is -2.49. The Bertz CT molecular complexity index is 1150. The highest BCUT2D eigenvalue weighted by Crippen LogP contribution is 2.42. The standard InChI is InChI=1S/C23H36N10O2S/c24-10-1-3-12-29-15-21-17-33(14-9-19-5-7-20(8-6-19)26-36(34)35)18-22-16-30(13-4-2-11-25)28-32(22)23(33)31(21)27-29/h5-8,15-16,23,26H,1-4,9-14,17-18,24-25H2/q+2/p+1. The van der Waals surface area contributed by atoms with Crippen LogP contribution >= 0.6 is 0 Å². The molecule has 0 aliphatic carbocycles. The third kappa shape index (κ3) is 5.06. The maximum atomic E-state index is 11.0. The van der Waals surface area contributed by atoms with Crippen LogP contribution in [-0.4, -0.2) is 52.7 Å². The van der Waals surface area contributed by atoms with Crippen LogP contribution < -0.4 is 25.6 Å². The summed E-state index contributed by atoms with van der Waals surface area (Å²) in [6.07, 6.45) is 9.28. The number of benzene rings is 1. The van der Waals surface area contributed by atoms with Gasteiger partial charge >= 0.3 is 6.29 Å². The molecule has 0 saturated heterocycles. The minimum atomic E-state index is -2.07. The molecule has 194 valence electrons. The molecule has 2 aliphatic heterocycles. The third-order valence-electron chi connectivity index (χ3n) is 7.18. The van der Waals surface area contributed by atoms with Crippen molar-refractivity contribution in [2.75, 3.05) is 24.4 Å². The van der Waals surface area contributed by atoms with Crippen molar-refractivity contribution in [3.63, 3.8) is 0 Å². The van der Waals surface area contributed by atoms with Gasteiger partial charge in [0, 0.05) is 12.1 Å². The number of aryl methyl sites for hydroxylation is 2. The summed E-state index contributed by atoms with van der Waals surface area (Å²) in [5, 5.41) is 9.92. The Morgan fingerprint density at radius 2 is 1.53 bits per heavy atom. The first kappa shape index (κ1) is 25.0. The van der Waals surface area contributed by atoms with Crippen molar-refractivity contribution in [3.8, 4) is 0 Å². The lowest BCUT2D eigenvalue weighted by molar-refractivity contribution is -0.979. The molecule has 2 aromatic heterocycles. The van der Waals surface area contributed by atoms with E-state index in [1.807, 2.05) is 33.6 Å². The molecule has 6 N–H and O–H groups in total. The van der Waals surface area contributed by atoms with Gasteiger partial charge in [0.05, 0.1) is 17.0 Å². The van der Waals surface area contributed by atoms with E-state index >= 15 is 0 Å². The summed E-state index contributed by atoms with van der Waals surface area (Å²) in [7, 11) is 0. The molecular formula is C23H37N10O2S+3. The second kappa shape index (κ2) is 10.7. The molecule has 12 nitrogen and oxygen atoms in total. The van der Waals surface area contributed by atoms with Gasteiger partial charge in [-0.1, -0.05) is 12.1 Å². The lowest BCUT2D eigenvalue weighted by atomic mass is 10.1. The number of nitrogens with two attached hydrogens (primary N) is 2. The fraction of sp³-hybridized carbons (Fsp3) is 0.565. The van der Waals surface area contributed by atoms with Gasteiger partial charge in [0.15, 0.2) is 25.5 Å². The summed E-state index contributed by atoms with van der Waals surface area (Å²) < 4.78 is 31.8. The molecule has 1 aromatic carbocycles. The Morgan fingerprint density at radius 3 is 2.03 bits per heavy atom. The third-order valence-corrected chi connectivity index (χ3v) is 7.59. The van der Waals surface area contributed by atoms with Crippen molar-refractivity contribution in [2.45, 2.75) is 64.6 Å². The van der Waals surface area contributed by atoms with Gasteiger partial charge in [-0.05, 0) is 65.8 Å². The Balaban J connectivity index is 1.36. The highest BCUT2D eigenvalue weighted by Gasteiger charge is 2.63. The number of aromatic nitrogens is 6. The van der Waals surface area contributed by atoms with Gasteiger partial charge in [0.1, 0.15) is 13.1 Å². The number of nitrogens with zero attached hydrogens (tertiary/aromatic N) is 7. The van der Waals surface area contributed by atoms with Crippen LogP contribution in [0.15, 0.2) is 36.7 Å². The van der Waals surface area contributed by atoms with Gasteiger partial charge in [-0.3, -0.25) is 9.27 Å². The zero-order valence-electron chi connectivity index (χ0n) is 20.6. The minimum Gasteiger partial charge on any atom is -0.330 e. The van der Waals surface area contributed by atoms with Crippen molar-refractivity contribution in [2.24, 2.45) is 11.5 Å². The molecule has 1 unspecified atom stereocenters. The number of hydrogen-bond donors (Lipinski definition) is 4. The van der Waals surface area contributed by atoms with Crippen LogP contribution in [0.5, 0.6) is 0 Å². The zero-order valence-corrected chi connectivity index (χ0v) is 21.4. The summed E-state index contributed by atoms with van der Waals surface area (Å²) in [4.78, 5) is 0. The van der Waals surface area contributed by atoms with E-state index in [2.05, 4.69) is 26.5 Å². The summed E-state index contributed by atoms with van der Waals surface area (Å²) in [5.74, 6) is 0. The average Bonchev–Trinajstić information content (AvgIpc) is 3.55. The molecule has 0 fully saturated rings. The fourth-order valence-corrected chi connectivity index (χ4v) is 5.78. The predicted molar refractivity (Wildman–Crippen MR) is 133 cm³/mol. The molecule has 3 aromatic rings. The molecule has 13 heteroatoms. The lowest BCUT2D eigenvalue weighted by Gasteiger charge is -2.28.